The smallest absolute Gasteiger partial charge is 0.256 e. The summed E-state index contributed by atoms with van der Waals surface area (Å²) in [5.41, 5.74) is 4.18. The summed E-state index contributed by atoms with van der Waals surface area (Å²) in [5, 5.41) is 7.31. The average Bonchev–Trinajstić information content (AvgIpc) is 3.30. The Labute approximate surface area is 145 Å². The highest BCUT2D eigenvalue weighted by molar-refractivity contribution is 5.99. The number of nitrogens with zero attached hydrogens (tertiary/aromatic N) is 3. The maximum atomic E-state index is 12.5. The zero-order chi connectivity index (χ0) is 17.2. The monoisotopic (exact) mass is 336 g/mol. The predicted molar refractivity (Wildman–Crippen MR) is 94.5 cm³/mol. The molecule has 0 aliphatic carbocycles. The lowest BCUT2D eigenvalue weighted by atomic mass is 10.1. The summed E-state index contributed by atoms with van der Waals surface area (Å²) in [6.45, 7) is 3.35. The molecule has 25 heavy (non-hydrogen) atoms. The summed E-state index contributed by atoms with van der Waals surface area (Å²) in [4.78, 5) is 16.9. The lowest BCUT2D eigenvalue weighted by Gasteiger charge is -2.10. The highest BCUT2D eigenvalue weighted by Crippen LogP contribution is 2.21. The van der Waals surface area contributed by atoms with Crippen LogP contribution >= 0.6 is 0 Å². The molecule has 6 nitrogen and oxygen atoms in total. The van der Waals surface area contributed by atoms with E-state index in [1.165, 1.54) is 5.56 Å². The molecule has 0 spiro atoms. The molecule has 1 amide bonds. The number of carbonyl (C=O) groups is 1. The molecule has 1 aromatic carbocycles. The Hall–Kier alpha value is -2.73. The second-order valence-corrected chi connectivity index (χ2v) is 6.33. The van der Waals surface area contributed by atoms with E-state index in [1.807, 2.05) is 18.2 Å². The number of aromatic nitrogens is 3. The van der Waals surface area contributed by atoms with E-state index in [0.29, 0.717) is 17.8 Å². The standard InChI is InChI=1S/C19H20N4O2/c1-13-4-6-14(7-5-13)17-8-9-20-18-16(12-22-23(17)18)19(24)21-11-15-3-2-10-25-15/h4-9,12,15H,2-3,10-11H2,1H3,(H,21,24). The van der Waals surface area contributed by atoms with Crippen molar-refractivity contribution in [3.8, 4) is 11.3 Å². The van der Waals surface area contributed by atoms with Crippen LogP contribution in [-0.4, -0.2) is 39.8 Å². The van der Waals surface area contributed by atoms with Crippen LogP contribution in [-0.2, 0) is 4.74 Å². The third kappa shape index (κ3) is 3.13. The summed E-state index contributed by atoms with van der Waals surface area (Å²) in [6.07, 6.45) is 5.44. The van der Waals surface area contributed by atoms with Crippen LogP contribution in [0.25, 0.3) is 16.9 Å². The number of rotatable bonds is 4. The molecule has 1 aliphatic rings. The van der Waals surface area contributed by atoms with Crippen LogP contribution in [0, 0.1) is 6.92 Å². The van der Waals surface area contributed by atoms with Crippen molar-refractivity contribution in [3.63, 3.8) is 0 Å². The fourth-order valence-corrected chi connectivity index (χ4v) is 3.10. The first kappa shape index (κ1) is 15.8. The topological polar surface area (TPSA) is 68.5 Å². The van der Waals surface area contributed by atoms with E-state index < -0.39 is 0 Å². The van der Waals surface area contributed by atoms with Crippen molar-refractivity contribution >= 4 is 11.6 Å². The van der Waals surface area contributed by atoms with Crippen LogP contribution in [0.1, 0.15) is 28.8 Å². The van der Waals surface area contributed by atoms with E-state index in [2.05, 4.69) is 34.5 Å². The van der Waals surface area contributed by atoms with Gasteiger partial charge in [0.1, 0.15) is 5.56 Å². The van der Waals surface area contributed by atoms with E-state index in [0.717, 1.165) is 30.7 Å². The van der Waals surface area contributed by atoms with Crippen molar-refractivity contribution in [1.82, 2.24) is 19.9 Å². The molecule has 1 unspecified atom stereocenters. The van der Waals surface area contributed by atoms with Crippen LogP contribution in [0.4, 0.5) is 0 Å². The van der Waals surface area contributed by atoms with Gasteiger partial charge in [0.2, 0.25) is 0 Å². The highest BCUT2D eigenvalue weighted by atomic mass is 16.5. The second-order valence-electron chi connectivity index (χ2n) is 6.33. The zero-order valence-corrected chi connectivity index (χ0v) is 14.1. The number of hydrogen-bond donors (Lipinski definition) is 1. The number of carbonyl (C=O) groups excluding carboxylic acids is 1. The van der Waals surface area contributed by atoms with E-state index in [1.54, 1.807) is 16.9 Å². The first-order valence-electron chi connectivity index (χ1n) is 8.52. The third-order valence-electron chi connectivity index (χ3n) is 4.51. The molecule has 1 saturated heterocycles. The Morgan fingerprint density at radius 1 is 1.32 bits per heavy atom. The Morgan fingerprint density at radius 3 is 2.92 bits per heavy atom. The maximum absolute atomic E-state index is 12.5. The first-order valence-corrected chi connectivity index (χ1v) is 8.52. The van der Waals surface area contributed by atoms with E-state index in [4.69, 9.17) is 4.74 Å². The normalized spacial score (nSPS) is 17.1. The maximum Gasteiger partial charge on any atom is 0.256 e. The van der Waals surface area contributed by atoms with Crippen molar-refractivity contribution in [1.29, 1.82) is 0 Å². The average molecular weight is 336 g/mol. The van der Waals surface area contributed by atoms with Gasteiger partial charge in [0.05, 0.1) is 18.0 Å². The largest absolute Gasteiger partial charge is 0.376 e. The molecule has 3 heterocycles. The van der Waals surface area contributed by atoms with E-state index in [9.17, 15) is 4.79 Å². The quantitative estimate of drug-likeness (QED) is 0.795. The van der Waals surface area contributed by atoms with Gasteiger partial charge in [-0.1, -0.05) is 29.8 Å². The molecular formula is C19H20N4O2. The minimum absolute atomic E-state index is 0.113. The molecule has 1 atom stereocenters. The molecule has 0 saturated carbocycles. The minimum atomic E-state index is -0.168. The Kier molecular flexibility index (Phi) is 4.19. The molecule has 0 radical (unpaired) electrons. The number of benzene rings is 1. The van der Waals surface area contributed by atoms with Crippen LogP contribution in [0.2, 0.25) is 0 Å². The van der Waals surface area contributed by atoms with Crippen LogP contribution in [0.5, 0.6) is 0 Å². The first-order chi connectivity index (χ1) is 12.2. The van der Waals surface area contributed by atoms with Gasteiger partial charge < -0.3 is 10.1 Å². The summed E-state index contributed by atoms with van der Waals surface area (Å²) in [5.74, 6) is -0.168. The van der Waals surface area contributed by atoms with Gasteiger partial charge in [-0.25, -0.2) is 9.50 Å². The van der Waals surface area contributed by atoms with Gasteiger partial charge in [-0.3, -0.25) is 4.79 Å². The lowest BCUT2D eigenvalue weighted by Crippen LogP contribution is -2.31. The van der Waals surface area contributed by atoms with Gasteiger partial charge in [-0.05, 0) is 25.8 Å². The number of amides is 1. The Morgan fingerprint density at radius 2 is 2.16 bits per heavy atom. The van der Waals surface area contributed by atoms with Crippen molar-refractivity contribution in [2.75, 3.05) is 13.2 Å². The van der Waals surface area contributed by atoms with Gasteiger partial charge in [0.15, 0.2) is 5.65 Å². The van der Waals surface area contributed by atoms with Crippen molar-refractivity contribution in [3.05, 3.63) is 53.9 Å². The van der Waals surface area contributed by atoms with Crippen molar-refractivity contribution in [2.45, 2.75) is 25.9 Å². The summed E-state index contributed by atoms with van der Waals surface area (Å²) in [7, 11) is 0. The second kappa shape index (κ2) is 6.64. The summed E-state index contributed by atoms with van der Waals surface area (Å²) >= 11 is 0. The Bertz CT molecular complexity index is 895. The zero-order valence-electron chi connectivity index (χ0n) is 14.1. The fourth-order valence-electron chi connectivity index (χ4n) is 3.10. The third-order valence-corrected chi connectivity index (χ3v) is 4.51. The van der Waals surface area contributed by atoms with E-state index in [-0.39, 0.29) is 12.0 Å². The molecule has 2 aromatic heterocycles. The fraction of sp³-hybridized carbons (Fsp3) is 0.316. The lowest BCUT2D eigenvalue weighted by molar-refractivity contribution is 0.0859. The van der Waals surface area contributed by atoms with Gasteiger partial charge >= 0.3 is 0 Å². The van der Waals surface area contributed by atoms with Crippen molar-refractivity contribution in [2.24, 2.45) is 0 Å². The van der Waals surface area contributed by atoms with Gasteiger partial charge in [0, 0.05) is 24.9 Å². The molecule has 4 rings (SSSR count). The molecule has 1 fully saturated rings. The van der Waals surface area contributed by atoms with Crippen LogP contribution in [0.3, 0.4) is 0 Å². The summed E-state index contributed by atoms with van der Waals surface area (Å²) < 4.78 is 7.26. The summed E-state index contributed by atoms with van der Waals surface area (Å²) in [6, 6.07) is 10.1. The van der Waals surface area contributed by atoms with Gasteiger partial charge in [-0.15, -0.1) is 0 Å². The number of nitrogens with one attached hydrogen (secondary N) is 1. The number of hydrogen-bond acceptors (Lipinski definition) is 4. The predicted octanol–water partition coefficient (Wildman–Crippen LogP) is 2.61. The van der Waals surface area contributed by atoms with E-state index >= 15 is 0 Å². The molecule has 128 valence electrons. The van der Waals surface area contributed by atoms with Gasteiger partial charge in [0.25, 0.3) is 5.91 Å². The SMILES string of the molecule is Cc1ccc(-c2ccnc3c(C(=O)NCC4CCCO4)cnn23)cc1. The molecular weight excluding hydrogens is 316 g/mol. The number of ether oxygens (including phenoxy) is 1. The highest BCUT2D eigenvalue weighted by Gasteiger charge is 2.19. The minimum Gasteiger partial charge on any atom is -0.376 e. The van der Waals surface area contributed by atoms with Crippen LogP contribution in [0.15, 0.2) is 42.7 Å². The number of aryl methyl sites for hydroxylation is 1. The molecule has 6 heteroatoms. The molecule has 3 aromatic rings. The Balaban J connectivity index is 1.62. The molecule has 0 bridgehead atoms. The molecule has 1 aliphatic heterocycles. The molecule has 1 N–H and O–H groups in total. The van der Waals surface area contributed by atoms with Crippen LogP contribution < -0.4 is 5.32 Å². The number of fused-ring (bicyclic) bond motifs is 1. The van der Waals surface area contributed by atoms with Crippen molar-refractivity contribution < 1.29 is 9.53 Å². The van der Waals surface area contributed by atoms with Gasteiger partial charge in [-0.2, -0.15) is 5.10 Å².